The Morgan fingerprint density at radius 1 is 1.40 bits per heavy atom. The van der Waals surface area contributed by atoms with Gasteiger partial charge in [0.05, 0.1) is 5.69 Å². The number of aryl methyl sites for hydroxylation is 2. The van der Waals surface area contributed by atoms with Crippen LogP contribution in [0.1, 0.15) is 16.8 Å². The summed E-state index contributed by atoms with van der Waals surface area (Å²) in [6, 6.07) is 6.64. The highest BCUT2D eigenvalue weighted by atomic mass is 19.1. The minimum absolute atomic E-state index is 0.193. The molecule has 2 aromatic rings. The molecule has 15 heavy (non-hydrogen) atoms. The molecule has 2 rings (SSSR count). The maximum Gasteiger partial charge on any atom is 0.123 e. The number of nitrogens with zero attached hydrogens (tertiary/aromatic N) is 2. The predicted octanol–water partition coefficient (Wildman–Crippen LogP) is 2.46. The second kappa shape index (κ2) is 3.85. The summed E-state index contributed by atoms with van der Waals surface area (Å²) in [7, 11) is 1.89. The fraction of sp³-hybridized carbons (Fsp3) is 0.250. The highest BCUT2D eigenvalue weighted by Crippen LogP contribution is 2.12. The number of benzene rings is 1. The first-order chi connectivity index (χ1) is 7.15. The third-order valence-electron chi connectivity index (χ3n) is 2.37. The molecule has 2 nitrogen and oxygen atoms in total. The zero-order valence-electron chi connectivity index (χ0n) is 8.87. The zero-order valence-corrected chi connectivity index (χ0v) is 8.87. The van der Waals surface area contributed by atoms with Crippen LogP contribution in [0.15, 0.2) is 30.5 Å². The van der Waals surface area contributed by atoms with Crippen molar-refractivity contribution in [2.24, 2.45) is 7.05 Å². The molecule has 0 aliphatic heterocycles. The van der Waals surface area contributed by atoms with Crippen molar-refractivity contribution in [2.75, 3.05) is 0 Å². The average molecular weight is 204 g/mol. The lowest BCUT2D eigenvalue weighted by Gasteiger charge is -1.99. The Bertz CT molecular complexity index is 474. The van der Waals surface area contributed by atoms with Crippen molar-refractivity contribution in [1.82, 2.24) is 9.78 Å². The third kappa shape index (κ3) is 2.24. The van der Waals surface area contributed by atoms with Crippen LogP contribution < -0.4 is 0 Å². The van der Waals surface area contributed by atoms with E-state index in [2.05, 4.69) is 5.10 Å². The number of aromatic nitrogens is 2. The average Bonchev–Trinajstić information content (AvgIpc) is 2.45. The molecule has 1 heterocycles. The molecule has 0 spiro atoms. The lowest BCUT2D eigenvalue weighted by molar-refractivity contribution is 0.625. The lowest BCUT2D eigenvalue weighted by Crippen LogP contribution is -1.94. The summed E-state index contributed by atoms with van der Waals surface area (Å²) in [4.78, 5) is 0. The molecule has 1 aromatic carbocycles. The molecule has 3 heteroatoms. The van der Waals surface area contributed by atoms with Crippen molar-refractivity contribution >= 4 is 0 Å². The smallest absolute Gasteiger partial charge is 0.123 e. The number of hydrogen-bond donors (Lipinski definition) is 0. The molecule has 78 valence electrons. The van der Waals surface area contributed by atoms with E-state index >= 15 is 0 Å². The standard InChI is InChI=1S/C12H13FN2/c1-9-8-15(2)14-12(9)7-10-4-3-5-11(13)6-10/h3-6,8H,7H2,1-2H3. The lowest BCUT2D eigenvalue weighted by atomic mass is 10.1. The van der Waals surface area contributed by atoms with Crippen LogP contribution in [0.4, 0.5) is 4.39 Å². The molecule has 0 unspecified atom stereocenters. The first-order valence-electron chi connectivity index (χ1n) is 4.89. The number of hydrogen-bond acceptors (Lipinski definition) is 1. The van der Waals surface area contributed by atoms with Crippen LogP contribution >= 0.6 is 0 Å². The minimum atomic E-state index is -0.193. The van der Waals surface area contributed by atoms with Gasteiger partial charge in [-0.15, -0.1) is 0 Å². The molecule has 1 aromatic heterocycles. The maximum absolute atomic E-state index is 13.0. The topological polar surface area (TPSA) is 17.8 Å². The minimum Gasteiger partial charge on any atom is -0.275 e. The first-order valence-corrected chi connectivity index (χ1v) is 4.89. The van der Waals surface area contributed by atoms with Gasteiger partial charge in [-0.2, -0.15) is 5.10 Å². The Morgan fingerprint density at radius 2 is 2.20 bits per heavy atom. The zero-order chi connectivity index (χ0) is 10.8. The van der Waals surface area contributed by atoms with Gasteiger partial charge in [0.2, 0.25) is 0 Å². The molecular formula is C12H13FN2. The summed E-state index contributed by atoms with van der Waals surface area (Å²) in [6.45, 7) is 2.02. The molecular weight excluding hydrogens is 191 g/mol. The monoisotopic (exact) mass is 204 g/mol. The Labute approximate surface area is 88.4 Å². The van der Waals surface area contributed by atoms with Crippen molar-refractivity contribution < 1.29 is 4.39 Å². The first kappa shape index (κ1) is 9.90. The summed E-state index contributed by atoms with van der Waals surface area (Å²) in [6.07, 6.45) is 2.65. The predicted molar refractivity (Wildman–Crippen MR) is 57.2 cm³/mol. The van der Waals surface area contributed by atoms with Gasteiger partial charge >= 0.3 is 0 Å². The van der Waals surface area contributed by atoms with Crippen LogP contribution in [0, 0.1) is 12.7 Å². The highest BCUT2D eigenvalue weighted by Gasteiger charge is 2.04. The van der Waals surface area contributed by atoms with Crippen LogP contribution in [0.5, 0.6) is 0 Å². The molecule has 0 aliphatic carbocycles. The number of halogens is 1. The molecule has 0 atom stereocenters. The second-order valence-electron chi connectivity index (χ2n) is 3.74. The van der Waals surface area contributed by atoms with Gasteiger partial charge in [-0.05, 0) is 30.2 Å². The molecule has 0 fully saturated rings. The Hall–Kier alpha value is -1.64. The van der Waals surface area contributed by atoms with Crippen molar-refractivity contribution in [3.8, 4) is 0 Å². The summed E-state index contributed by atoms with van der Waals surface area (Å²) in [5.41, 5.74) is 3.10. The van der Waals surface area contributed by atoms with E-state index < -0.39 is 0 Å². The largest absolute Gasteiger partial charge is 0.275 e. The van der Waals surface area contributed by atoms with Crippen LogP contribution in [0.3, 0.4) is 0 Å². The van der Waals surface area contributed by atoms with Gasteiger partial charge in [-0.1, -0.05) is 12.1 Å². The normalized spacial score (nSPS) is 10.6. The van der Waals surface area contributed by atoms with Crippen LogP contribution in [-0.2, 0) is 13.5 Å². The molecule has 0 radical (unpaired) electrons. The summed E-state index contributed by atoms with van der Waals surface area (Å²) in [5.74, 6) is -0.193. The van der Waals surface area contributed by atoms with Crippen molar-refractivity contribution in [3.05, 3.63) is 53.1 Å². The van der Waals surface area contributed by atoms with Crippen LogP contribution in [-0.4, -0.2) is 9.78 Å². The van der Waals surface area contributed by atoms with Crippen LogP contribution in [0.2, 0.25) is 0 Å². The molecule has 0 saturated heterocycles. The van der Waals surface area contributed by atoms with Gasteiger partial charge in [0.25, 0.3) is 0 Å². The van der Waals surface area contributed by atoms with E-state index in [4.69, 9.17) is 0 Å². The van der Waals surface area contributed by atoms with Crippen molar-refractivity contribution in [2.45, 2.75) is 13.3 Å². The molecule has 0 amide bonds. The SMILES string of the molecule is Cc1cn(C)nc1Cc1cccc(F)c1. The second-order valence-corrected chi connectivity index (χ2v) is 3.74. The van der Waals surface area contributed by atoms with Gasteiger partial charge in [-0.25, -0.2) is 4.39 Å². The Kier molecular flexibility index (Phi) is 2.54. The van der Waals surface area contributed by atoms with Crippen molar-refractivity contribution in [1.29, 1.82) is 0 Å². The van der Waals surface area contributed by atoms with E-state index in [9.17, 15) is 4.39 Å². The molecule has 0 N–H and O–H groups in total. The van der Waals surface area contributed by atoms with Crippen LogP contribution in [0.25, 0.3) is 0 Å². The summed E-state index contributed by atoms with van der Waals surface area (Å²) in [5, 5.41) is 4.33. The van der Waals surface area contributed by atoms with E-state index in [1.807, 2.05) is 26.2 Å². The van der Waals surface area contributed by atoms with Gasteiger partial charge < -0.3 is 0 Å². The maximum atomic E-state index is 13.0. The van der Waals surface area contributed by atoms with Gasteiger partial charge in [0.1, 0.15) is 5.82 Å². The van der Waals surface area contributed by atoms with E-state index in [0.29, 0.717) is 6.42 Å². The van der Waals surface area contributed by atoms with Gasteiger partial charge in [-0.3, -0.25) is 4.68 Å². The van der Waals surface area contributed by atoms with E-state index in [0.717, 1.165) is 16.8 Å². The number of rotatable bonds is 2. The molecule has 0 bridgehead atoms. The van der Waals surface area contributed by atoms with Gasteiger partial charge in [0.15, 0.2) is 0 Å². The highest BCUT2D eigenvalue weighted by molar-refractivity contribution is 5.25. The Balaban J connectivity index is 2.25. The fourth-order valence-corrected chi connectivity index (χ4v) is 1.67. The fourth-order valence-electron chi connectivity index (χ4n) is 1.67. The van der Waals surface area contributed by atoms with E-state index in [1.165, 1.54) is 6.07 Å². The quantitative estimate of drug-likeness (QED) is 0.734. The third-order valence-corrected chi connectivity index (χ3v) is 2.37. The van der Waals surface area contributed by atoms with E-state index in [-0.39, 0.29) is 5.82 Å². The van der Waals surface area contributed by atoms with E-state index in [1.54, 1.807) is 16.8 Å². The van der Waals surface area contributed by atoms with Crippen molar-refractivity contribution in [3.63, 3.8) is 0 Å². The summed E-state index contributed by atoms with van der Waals surface area (Å²) < 4.78 is 14.7. The summed E-state index contributed by atoms with van der Waals surface area (Å²) >= 11 is 0. The molecule has 0 aliphatic rings. The molecule has 0 saturated carbocycles. The van der Waals surface area contributed by atoms with Gasteiger partial charge in [0, 0.05) is 19.7 Å². The Morgan fingerprint density at radius 3 is 2.80 bits per heavy atom.